The molecule has 1 aliphatic carbocycles. The largest absolute Gasteiger partial charge is 0.402 e. The Hall–Kier alpha value is -2.02. The Kier molecular flexibility index (Phi) is 8.86. The fourth-order valence-electron chi connectivity index (χ4n) is 1.84. The van der Waals surface area contributed by atoms with Crippen LogP contribution in [-0.4, -0.2) is 0 Å². The number of rotatable bonds is 5. The summed E-state index contributed by atoms with van der Waals surface area (Å²) in [5, 5.41) is 0. The molecule has 0 radical (unpaired) electrons. The first kappa shape index (κ1) is 18.0. The monoisotopic (exact) mass is 271 g/mol. The highest BCUT2D eigenvalue weighted by atomic mass is 14.5. The molecule has 20 heavy (non-hydrogen) atoms. The van der Waals surface area contributed by atoms with Gasteiger partial charge in [-0.1, -0.05) is 63.5 Å². The average Bonchev–Trinajstić information content (AvgIpc) is 2.95. The molecular formula is C19H29N. The second-order valence-electron chi connectivity index (χ2n) is 4.33. The number of hydrogen-bond acceptors (Lipinski definition) is 1. The topological polar surface area (TPSA) is 26.0 Å². The second kappa shape index (κ2) is 9.85. The summed E-state index contributed by atoms with van der Waals surface area (Å²) < 4.78 is 0. The summed E-state index contributed by atoms with van der Waals surface area (Å²) >= 11 is 0. The summed E-state index contributed by atoms with van der Waals surface area (Å²) in [5.41, 5.74) is 11.1. The van der Waals surface area contributed by atoms with Crippen LogP contribution in [-0.2, 0) is 0 Å². The highest BCUT2D eigenvalue weighted by Gasteiger charge is 2.02. The maximum atomic E-state index is 5.77. The molecule has 0 unspecified atom stereocenters. The molecule has 110 valence electrons. The van der Waals surface area contributed by atoms with E-state index in [4.69, 9.17) is 5.73 Å². The van der Waals surface area contributed by atoms with Crippen LogP contribution in [0.1, 0.15) is 35.5 Å². The van der Waals surface area contributed by atoms with E-state index in [9.17, 15) is 0 Å². The Bertz CT molecular complexity index is 486. The maximum absolute atomic E-state index is 5.77. The third-order valence-electron chi connectivity index (χ3n) is 2.75. The Balaban J connectivity index is 0. The maximum Gasteiger partial charge on any atom is 0.00551 e. The molecule has 0 amide bonds. The van der Waals surface area contributed by atoms with E-state index in [0.717, 1.165) is 23.3 Å². The molecule has 0 aromatic heterocycles. The molecule has 0 saturated carbocycles. The summed E-state index contributed by atoms with van der Waals surface area (Å²) in [7, 11) is 0. The predicted molar refractivity (Wildman–Crippen MR) is 94.4 cm³/mol. The molecule has 0 heterocycles. The van der Waals surface area contributed by atoms with Crippen LogP contribution in [0.25, 0.3) is 0 Å². The van der Waals surface area contributed by atoms with Crippen molar-refractivity contribution in [2.75, 3.05) is 0 Å². The van der Waals surface area contributed by atoms with Gasteiger partial charge in [0.05, 0.1) is 0 Å². The molecule has 0 aliphatic heterocycles. The number of nitrogens with two attached hydrogens (primary N) is 1. The van der Waals surface area contributed by atoms with Crippen LogP contribution >= 0.6 is 0 Å². The van der Waals surface area contributed by atoms with Gasteiger partial charge in [0.1, 0.15) is 0 Å². The van der Waals surface area contributed by atoms with E-state index in [1.807, 2.05) is 26.8 Å². The molecule has 0 bridgehead atoms. The lowest BCUT2D eigenvalue weighted by molar-refractivity contribution is 1.29. The molecule has 0 aromatic rings. The van der Waals surface area contributed by atoms with E-state index in [1.165, 1.54) is 11.1 Å². The van der Waals surface area contributed by atoms with Gasteiger partial charge in [-0.05, 0) is 48.6 Å². The lowest BCUT2D eigenvalue weighted by atomic mass is 10.0. The SMILES string of the molecule is C=CC(C=C)=C(/C=C(\C)N)/C=C(\C)C1=CCC=C1.CC.[HH]. The van der Waals surface area contributed by atoms with Crippen molar-refractivity contribution in [2.45, 2.75) is 34.1 Å². The second-order valence-corrected chi connectivity index (χ2v) is 4.33. The van der Waals surface area contributed by atoms with Crippen LogP contribution in [0.15, 0.2) is 83.7 Å². The summed E-state index contributed by atoms with van der Waals surface area (Å²) in [6.07, 6.45) is 15.2. The standard InChI is InChI=1S/C17H21N.C2H6.H2/c1-5-15(6-2)17(12-14(4)18)11-13(3)16-9-7-8-10-16;1-2;/h5-7,9-12H,1-2,8,18H2,3-4H3;1-2H3;1H/b13-11+,14-12+;;. The van der Waals surface area contributed by atoms with E-state index in [-0.39, 0.29) is 1.43 Å². The summed E-state index contributed by atoms with van der Waals surface area (Å²) in [6, 6.07) is 0. The Morgan fingerprint density at radius 2 is 1.75 bits per heavy atom. The quantitative estimate of drug-likeness (QED) is 0.645. The smallest absolute Gasteiger partial charge is 0.00551 e. The Morgan fingerprint density at radius 3 is 2.15 bits per heavy atom. The van der Waals surface area contributed by atoms with Gasteiger partial charge in [0.15, 0.2) is 0 Å². The molecule has 1 heteroatoms. The van der Waals surface area contributed by atoms with Gasteiger partial charge in [-0.15, -0.1) is 0 Å². The van der Waals surface area contributed by atoms with E-state index < -0.39 is 0 Å². The van der Waals surface area contributed by atoms with Crippen molar-refractivity contribution in [3.63, 3.8) is 0 Å². The molecule has 0 aromatic carbocycles. The van der Waals surface area contributed by atoms with Gasteiger partial charge in [-0.2, -0.15) is 0 Å². The third kappa shape index (κ3) is 5.75. The van der Waals surface area contributed by atoms with Crippen molar-refractivity contribution in [3.8, 4) is 0 Å². The molecule has 0 spiro atoms. The van der Waals surface area contributed by atoms with E-state index >= 15 is 0 Å². The van der Waals surface area contributed by atoms with Crippen molar-refractivity contribution >= 4 is 0 Å². The zero-order chi connectivity index (χ0) is 15.5. The average molecular weight is 271 g/mol. The van der Waals surface area contributed by atoms with E-state index in [0.29, 0.717) is 0 Å². The van der Waals surface area contributed by atoms with Gasteiger partial charge >= 0.3 is 0 Å². The first-order chi connectivity index (χ1) is 9.58. The zero-order valence-electron chi connectivity index (χ0n) is 13.2. The van der Waals surface area contributed by atoms with Crippen LogP contribution in [0.2, 0.25) is 0 Å². The molecule has 0 saturated heterocycles. The van der Waals surface area contributed by atoms with Crippen molar-refractivity contribution < 1.29 is 1.43 Å². The van der Waals surface area contributed by atoms with E-state index in [1.54, 1.807) is 12.2 Å². The van der Waals surface area contributed by atoms with Gasteiger partial charge in [0.2, 0.25) is 0 Å². The molecule has 1 nitrogen and oxygen atoms in total. The normalized spacial score (nSPS) is 14.1. The third-order valence-corrected chi connectivity index (χ3v) is 2.75. The zero-order valence-corrected chi connectivity index (χ0v) is 13.2. The highest BCUT2D eigenvalue weighted by molar-refractivity contribution is 5.52. The summed E-state index contributed by atoms with van der Waals surface area (Å²) in [4.78, 5) is 0. The van der Waals surface area contributed by atoms with Crippen molar-refractivity contribution in [1.29, 1.82) is 0 Å². The first-order valence-corrected chi connectivity index (χ1v) is 7.06. The molecule has 1 aliphatic rings. The first-order valence-electron chi connectivity index (χ1n) is 7.06. The number of allylic oxidation sites excluding steroid dienone is 12. The van der Waals surface area contributed by atoms with Gasteiger partial charge in [-0.25, -0.2) is 0 Å². The number of hydrogen-bond donors (Lipinski definition) is 1. The molecule has 0 atom stereocenters. The molecular weight excluding hydrogens is 242 g/mol. The Labute approximate surface area is 125 Å². The van der Waals surface area contributed by atoms with Gasteiger partial charge in [0.25, 0.3) is 0 Å². The van der Waals surface area contributed by atoms with Crippen LogP contribution in [0.4, 0.5) is 0 Å². The van der Waals surface area contributed by atoms with Gasteiger partial charge in [-0.3, -0.25) is 0 Å². The molecule has 2 N–H and O–H groups in total. The van der Waals surface area contributed by atoms with Crippen molar-refractivity contribution in [3.05, 3.63) is 83.7 Å². The van der Waals surface area contributed by atoms with Crippen LogP contribution in [0, 0.1) is 0 Å². The lowest BCUT2D eigenvalue weighted by Gasteiger charge is -2.05. The van der Waals surface area contributed by atoms with Crippen LogP contribution in [0.5, 0.6) is 0 Å². The van der Waals surface area contributed by atoms with Crippen LogP contribution < -0.4 is 5.73 Å². The minimum atomic E-state index is 0. The van der Waals surface area contributed by atoms with Gasteiger partial charge < -0.3 is 5.73 Å². The van der Waals surface area contributed by atoms with Gasteiger partial charge in [0, 0.05) is 7.12 Å². The highest BCUT2D eigenvalue weighted by Crippen LogP contribution is 2.21. The molecule has 1 rings (SSSR count). The minimum Gasteiger partial charge on any atom is -0.402 e. The predicted octanol–water partition coefficient (Wildman–Crippen LogP) is 5.62. The Morgan fingerprint density at radius 1 is 1.15 bits per heavy atom. The summed E-state index contributed by atoms with van der Waals surface area (Å²) in [6.45, 7) is 15.6. The fourth-order valence-corrected chi connectivity index (χ4v) is 1.84. The molecule has 0 fully saturated rings. The minimum absolute atomic E-state index is 0. The summed E-state index contributed by atoms with van der Waals surface area (Å²) in [5.74, 6) is 0. The van der Waals surface area contributed by atoms with Crippen molar-refractivity contribution in [2.24, 2.45) is 5.73 Å². The fraction of sp³-hybridized carbons (Fsp3) is 0.263. The van der Waals surface area contributed by atoms with E-state index in [2.05, 4.69) is 44.4 Å². The van der Waals surface area contributed by atoms with Crippen LogP contribution in [0.3, 0.4) is 0 Å². The lowest BCUT2D eigenvalue weighted by Crippen LogP contribution is -1.93. The van der Waals surface area contributed by atoms with Crippen molar-refractivity contribution in [1.82, 2.24) is 0 Å².